The van der Waals surface area contributed by atoms with E-state index in [4.69, 9.17) is 14.2 Å². The molecule has 0 spiro atoms. The lowest BCUT2D eigenvalue weighted by Crippen LogP contribution is -2.60. The van der Waals surface area contributed by atoms with Crippen molar-refractivity contribution in [1.82, 2.24) is 5.32 Å². The van der Waals surface area contributed by atoms with Gasteiger partial charge in [0.05, 0.1) is 32.0 Å². The second-order valence-electron chi connectivity index (χ2n) is 23.5. The van der Waals surface area contributed by atoms with Crippen LogP contribution in [0.15, 0.2) is 12.2 Å². The van der Waals surface area contributed by atoms with Crippen molar-refractivity contribution in [3.8, 4) is 0 Å². The topological polar surface area (TPSA) is 175 Å². The van der Waals surface area contributed by atoms with Crippen molar-refractivity contribution in [2.24, 2.45) is 0 Å². The molecule has 1 fully saturated rings. The Morgan fingerprint density at radius 3 is 1.21 bits per heavy atom. The van der Waals surface area contributed by atoms with E-state index in [0.29, 0.717) is 19.4 Å². The first kappa shape index (κ1) is 73.4. The molecule has 0 bridgehead atoms. The third kappa shape index (κ3) is 45.7. The van der Waals surface area contributed by atoms with Crippen LogP contribution in [0.3, 0.4) is 0 Å². The predicted octanol–water partition coefficient (Wildman–Crippen LogP) is 16.3. The molecule has 77 heavy (non-hydrogen) atoms. The average Bonchev–Trinajstić information content (AvgIpc) is 3.43. The normalized spacial score (nSPS) is 18.6. The molecule has 7 unspecified atom stereocenters. The van der Waals surface area contributed by atoms with Crippen molar-refractivity contribution in [3.63, 3.8) is 0 Å². The highest BCUT2D eigenvalue weighted by Gasteiger charge is 2.44. The van der Waals surface area contributed by atoms with Crippen molar-refractivity contribution >= 4 is 11.9 Å². The first-order valence-electron chi connectivity index (χ1n) is 33.5. The van der Waals surface area contributed by atoms with E-state index < -0.39 is 49.5 Å². The van der Waals surface area contributed by atoms with Crippen LogP contribution in [0.1, 0.15) is 335 Å². The largest absolute Gasteiger partial charge is 0.466 e. The SMILES string of the molecule is CCCCCCCCC/C=C/C(O)C(COC1OC(CO)C(O)C(O)C1O)NC(=O)CCCCCCCCCCCCCCCCCCCCCCCCCCCCOC(=O)CCCCCCCCCCCCCCCC. The molecule has 11 heteroatoms. The Bertz CT molecular complexity index is 1280. The molecule has 0 saturated carbocycles. The molecule has 7 atom stereocenters. The summed E-state index contributed by atoms with van der Waals surface area (Å²) in [7, 11) is 0. The monoisotopic (exact) mass is 1090 g/mol. The van der Waals surface area contributed by atoms with Crippen molar-refractivity contribution in [2.45, 2.75) is 378 Å². The second-order valence-corrected chi connectivity index (χ2v) is 23.5. The highest BCUT2D eigenvalue weighted by Crippen LogP contribution is 2.23. The third-order valence-electron chi connectivity index (χ3n) is 16.2. The van der Waals surface area contributed by atoms with Crippen LogP contribution < -0.4 is 5.32 Å². The number of ether oxygens (including phenoxy) is 3. The Morgan fingerprint density at radius 1 is 0.468 bits per heavy atom. The van der Waals surface area contributed by atoms with Gasteiger partial charge >= 0.3 is 5.97 Å². The van der Waals surface area contributed by atoms with Crippen molar-refractivity contribution in [3.05, 3.63) is 12.2 Å². The van der Waals surface area contributed by atoms with Crippen molar-refractivity contribution in [2.75, 3.05) is 19.8 Å². The van der Waals surface area contributed by atoms with Crippen LogP contribution in [0.4, 0.5) is 0 Å². The van der Waals surface area contributed by atoms with E-state index in [1.165, 1.54) is 257 Å². The first-order chi connectivity index (χ1) is 37.7. The fourth-order valence-electron chi connectivity index (χ4n) is 10.8. The molecule has 0 aromatic heterocycles. The molecular weight excluding hydrogens is 967 g/mol. The summed E-state index contributed by atoms with van der Waals surface area (Å²) in [6, 6.07) is -0.806. The molecule has 1 amide bonds. The van der Waals surface area contributed by atoms with E-state index >= 15 is 0 Å². The molecule has 11 nitrogen and oxygen atoms in total. The van der Waals surface area contributed by atoms with Gasteiger partial charge in [-0.05, 0) is 32.1 Å². The fourth-order valence-corrected chi connectivity index (χ4v) is 10.8. The van der Waals surface area contributed by atoms with Gasteiger partial charge in [-0.1, -0.05) is 302 Å². The number of aliphatic hydroxyl groups is 5. The Morgan fingerprint density at radius 2 is 0.818 bits per heavy atom. The van der Waals surface area contributed by atoms with Crippen LogP contribution in [0.5, 0.6) is 0 Å². The van der Waals surface area contributed by atoms with Gasteiger partial charge in [-0.3, -0.25) is 9.59 Å². The van der Waals surface area contributed by atoms with Crippen LogP contribution in [-0.4, -0.2) is 100 Å². The van der Waals surface area contributed by atoms with Crippen LogP contribution in [0.2, 0.25) is 0 Å². The predicted molar refractivity (Wildman–Crippen MR) is 320 cm³/mol. The molecule has 1 saturated heterocycles. The number of unbranched alkanes of at least 4 members (excludes halogenated alkanes) is 45. The van der Waals surface area contributed by atoms with Crippen LogP contribution >= 0.6 is 0 Å². The fraction of sp³-hybridized carbons (Fsp3) is 0.939. The van der Waals surface area contributed by atoms with Gasteiger partial charge in [0, 0.05) is 12.8 Å². The molecule has 1 aliphatic heterocycles. The lowest BCUT2D eigenvalue weighted by atomic mass is 9.99. The van der Waals surface area contributed by atoms with Gasteiger partial charge in [0.25, 0.3) is 0 Å². The number of hydrogen-bond donors (Lipinski definition) is 6. The molecule has 1 rings (SSSR count). The Kier molecular flexibility index (Phi) is 53.6. The lowest BCUT2D eigenvalue weighted by molar-refractivity contribution is -0.302. The maximum Gasteiger partial charge on any atom is 0.305 e. The minimum Gasteiger partial charge on any atom is -0.466 e. The van der Waals surface area contributed by atoms with Gasteiger partial charge in [0.1, 0.15) is 24.4 Å². The van der Waals surface area contributed by atoms with Crippen LogP contribution in [-0.2, 0) is 23.8 Å². The van der Waals surface area contributed by atoms with E-state index in [1.54, 1.807) is 6.08 Å². The molecular formula is C66H127NO10. The number of amides is 1. The number of aliphatic hydroxyl groups excluding tert-OH is 5. The second kappa shape index (κ2) is 56.3. The Labute approximate surface area is 474 Å². The maximum absolute atomic E-state index is 13.0. The number of carbonyl (C=O) groups is 2. The third-order valence-corrected chi connectivity index (χ3v) is 16.2. The summed E-state index contributed by atoms with van der Waals surface area (Å²) in [5.74, 6) is -0.170. The number of carbonyl (C=O) groups excluding carboxylic acids is 2. The summed E-state index contributed by atoms with van der Waals surface area (Å²) >= 11 is 0. The van der Waals surface area contributed by atoms with Gasteiger partial charge in [-0.2, -0.15) is 0 Å². The number of nitrogens with one attached hydrogen (secondary N) is 1. The van der Waals surface area contributed by atoms with Gasteiger partial charge < -0.3 is 45.1 Å². The smallest absolute Gasteiger partial charge is 0.305 e. The number of hydrogen-bond acceptors (Lipinski definition) is 10. The minimum absolute atomic E-state index is 0.0101. The van der Waals surface area contributed by atoms with E-state index in [9.17, 15) is 35.1 Å². The van der Waals surface area contributed by atoms with E-state index in [-0.39, 0.29) is 18.5 Å². The molecule has 0 aliphatic carbocycles. The summed E-state index contributed by atoms with van der Waals surface area (Å²) in [5, 5.41) is 54.3. The molecule has 0 aromatic carbocycles. The van der Waals surface area contributed by atoms with Gasteiger partial charge in [-0.25, -0.2) is 0 Å². The minimum atomic E-state index is -1.57. The van der Waals surface area contributed by atoms with Crippen molar-refractivity contribution in [1.29, 1.82) is 0 Å². The summed E-state index contributed by atoms with van der Waals surface area (Å²) in [5.41, 5.74) is 0. The number of esters is 1. The van der Waals surface area contributed by atoms with Crippen molar-refractivity contribution < 1.29 is 49.3 Å². The van der Waals surface area contributed by atoms with Crippen LogP contribution in [0, 0.1) is 0 Å². The zero-order valence-corrected chi connectivity index (χ0v) is 50.5. The van der Waals surface area contributed by atoms with Gasteiger partial charge in [-0.15, -0.1) is 0 Å². The molecule has 0 aromatic rings. The summed E-state index contributed by atoms with van der Waals surface area (Å²) in [4.78, 5) is 25.1. The van der Waals surface area contributed by atoms with E-state index in [0.717, 1.165) is 51.4 Å². The number of allylic oxidation sites excluding steroid dienone is 1. The molecule has 0 radical (unpaired) electrons. The zero-order valence-electron chi connectivity index (χ0n) is 50.5. The standard InChI is InChI=1S/C66H127NO10/c1-3-5-7-9-11-13-14-15-31-34-38-42-46-50-54-62(71)75-55-51-47-43-39-35-32-29-27-25-23-21-19-17-16-18-20-22-24-26-28-30-33-37-41-45-49-53-61(70)67-58(59(69)52-48-44-40-36-12-10-8-6-4-2)57-76-66-65(74)64(73)63(72)60(56-68)77-66/h48,52,58-60,63-66,68-69,72-74H,3-47,49-51,53-57H2,1-2H3,(H,67,70)/b52-48+. The van der Waals surface area contributed by atoms with Crippen LogP contribution in [0.25, 0.3) is 0 Å². The van der Waals surface area contributed by atoms with E-state index in [1.807, 2.05) is 6.08 Å². The zero-order chi connectivity index (χ0) is 55.9. The highest BCUT2D eigenvalue weighted by molar-refractivity contribution is 5.76. The average molecular weight is 1090 g/mol. The number of rotatable bonds is 59. The Hall–Kier alpha value is -1.60. The highest BCUT2D eigenvalue weighted by atomic mass is 16.7. The molecule has 1 aliphatic rings. The summed E-state index contributed by atoms with van der Waals surface area (Å²) < 4.78 is 16.7. The molecule has 1 heterocycles. The summed E-state index contributed by atoms with van der Waals surface area (Å²) in [6.45, 7) is 4.35. The summed E-state index contributed by atoms with van der Waals surface area (Å²) in [6.07, 6.45) is 57.8. The van der Waals surface area contributed by atoms with E-state index in [2.05, 4.69) is 19.2 Å². The van der Waals surface area contributed by atoms with Gasteiger partial charge in [0.15, 0.2) is 6.29 Å². The quantitative estimate of drug-likeness (QED) is 0.0195. The first-order valence-corrected chi connectivity index (χ1v) is 33.5. The lowest BCUT2D eigenvalue weighted by Gasteiger charge is -2.40. The molecule has 6 N–H and O–H groups in total. The maximum atomic E-state index is 13.0. The molecule has 456 valence electrons. The Balaban J connectivity index is 1.93. The van der Waals surface area contributed by atoms with Gasteiger partial charge in [0.2, 0.25) is 5.91 Å².